The van der Waals surface area contributed by atoms with E-state index in [1.54, 1.807) is 23.1 Å². The summed E-state index contributed by atoms with van der Waals surface area (Å²) in [5, 5.41) is 13.2. The van der Waals surface area contributed by atoms with Gasteiger partial charge in [-0.15, -0.1) is 15.3 Å². The molecule has 3 rings (SSSR count). The Morgan fingerprint density at radius 3 is 2.88 bits per heavy atom. The summed E-state index contributed by atoms with van der Waals surface area (Å²) in [4.78, 5) is 0.894. The first-order chi connectivity index (χ1) is 11.7. The van der Waals surface area contributed by atoms with Gasteiger partial charge in [-0.3, -0.25) is 0 Å². The smallest absolute Gasteiger partial charge is 0.235 e. The lowest BCUT2D eigenvalue weighted by atomic mass is 10.1. The monoisotopic (exact) mass is 362 g/mol. The molecule has 0 amide bonds. The van der Waals surface area contributed by atoms with Gasteiger partial charge in [-0.2, -0.15) is 4.52 Å². The Labute approximate surface area is 150 Å². The van der Waals surface area contributed by atoms with Crippen molar-refractivity contribution in [2.45, 2.75) is 49.6 Å². The number of quaternary nitrogens is 1. The molecule has 3 aromatic rings. The van der Waals surface area contributed by atoms with Crippen molar-refractivity contribution in [2.24, 2.45) is 0 Å². The molecule has 0 radical (unpaired) electrons. The van der Waals surface area contributed by atoms with E-state index in [0.717, 1.165) is 40.3 Å². The zero-order chi connectivity index (χ0) is 16.9. The Balaban J connectivity index is 1.65. The van der Waals surface area contributed by atoms with Crippen LogP contribution in [0.25, 0.3) is 4.96 Å². The maximum absolute atomic E-state index is 4.70. The average Bonchev–Trinajstić information content (AvgIpc) is 3.13. The van der Waals surface area contributed by atoms with Crippen LogP contribution in [-0.2, 0) is 12.2 Å². The van der Waals surface area contributed by atoms with Gasteiger partial charge in [0, 0.05) is 12.2 Å². The molecule has 0 saturated heterocycles. The minimum absolute atomic E-state index is 0.894. The molecule has 7 heteroatoms. The minimum Gasteiger partial charge on any atom is -0.358 e. The van der Waals surface area contributed by atoms with Crippen LogP contribution in [0.2, 0.25) is 0 Å². The van der Waals surface area contributed by atoms with Gasteiger partial charge in [0.05, 0.1) is 6.54 Å². The molecule has 0 spiro atoms. The Morgan fingerprint density at radius 1 is 1.17 bits per heavy atom. The third-order valence-corrected chi connectivity index (χ3v) is 6.12. The molecule has 5 nitrogen and oxygen atoms in total. The van der Waals surface area contributed by atoms with Gasteiger partial charge in [-0.1, -0.05) is 46.9 Å². The van der Waals surface area contributed by atoms with E-state index in [0.29, 0.717) is 0 Å². The Morgan fingerprint density at radius 2 is 2.04 bits per heavy atom. The fraction of sp³-hybridized carbons (Fsp3) is 0.471. The summed E-state index contributed by atoms with van der Waals surface area (Å²) < 4.78 is 2.97. The second kappa shape index (κ2) is 8.09. The number of fused-ring (bicyclic) bond motifs is 1. The van der Waals surface area contributed by atoms with Gasteiger partial charge in [0.15, 0.2) is 10.2 Å². The van der Waals surface area contributed by atoms with E-state index in [9.17, 15) is 0 Å². The second-order valence-corrected chi connectivity index (χ2v) is 8.24. The Hall–Kier alpha value is -1.44. The van der Waals surface area contributed by atoms with Crippen LogP contribution < -0.4 is 5.73 Å². The lowest BCUT2D eigenvalue weighted by Crippen LogP contribution is -2.50. The van der Waals surface area contributed by atoms with Crippen molar-refractivity contribution < 1.29 is 5.73 Å². The average molecular weight is 363 g/mol. The minimum atomic E-state index is 0.894. The van der Waals surface area contributed by atoms with Gasteiger partial charge < -0.3 is 5.73 Å². The van der Waals surface area contributed by atoms with Gasteiger partial charge in [-0.05, 0) is 44.2 Å². The number of rotatable bonds is 8. The van der Waals surface area contributed by atoms with Crippen molar-refractivity contribution in [3.63, 3.8) is 0 Å². The number of hydrogen-bond donors (Lipinski definition) is 1. The molecule has 0 atom stereocenters. The summed E-state index contributed by atoms with van der Waals surface area (Å²) in [6.45, 7) is 5.31. The number of aromatic nitrogens is 4. The van der Waals surface area contributed by atoms with E-state index >= 15 is 0 Å². The largest absolute Gasteiger partial charge is 0.358 e. The second-order valence-electron chi connectivity index (χ2n) is 6.06. The molecule has 2 aromatic heterocycles. The number of hydrogen-bond acceptors (Lipinski definition) is 5. The van der Waals surface area contributed by atoms with E-state index in [2.05, 4.69) is 48.0 Å². The Bertz CT molecular complexity index is 809. The standard InChI is InChI=1S/C17H23N5S2/c1-12-7-8-13(2)14(10-12)11-23-17-21-22-15(6-4-3-5-9-18)19-20-16(22)24-17/h7-8,10H,3-6,9,11,18H2,1-2H3/p+1. The van der Waals surface area contributed by atoms with Crippen LogP contribution in [0.15, 0.2) is 22.5 Å². The normalized spacial score (nSPS) is 11.5. The van der Waals surface area contributed by atoms with Gasteiger partial charge in [-0.25, -0.2) is 0 Å². The zero-order valence-electron chi connectivity index (χ0n) is 14.3. The van der Waals surface area contributed by atoms with Gasteiger partial charge in [0.1, 0.15) is 0 Å². The molecule has 0 aliphatic heterocycles. The van der Waals surface area contributed by atoms with E-state index in [1.165, 1.54) is 29.5 Å². The fourth-order valence-electron chi connectivity index (χ4n) is 2.59. The van der Waals surface area contributed by atoms with E-state index in [-0.39, 0.29) is 0 Å². The number of nitrogens with zero attached hydrogens (tertiary/aromatic N) is 4. The molecule has 0 aliphatic carbocycles. The van der Waals surface area contributed by atoms with E-state index < -0.39 is 0 Å². The van der Waals surface area contributed by atoms with Crippen molar-refractivity contribution in [3.05, 3.63) is 40.7 Å². The molecule has 0 bridgehead atoms. The molecular formula is C17H24N5S2+. The maximum atomic E-state index is 4.70. The highest BCUT2D eigenvalue weighted by atomic mass is 32.2. The summed E-state index contributed by atoms with van der Waals surface area (Å²) in [5.41, 5.74) is 7.90. The molecule has 128 valence electrons. The lowest BCUT2D eigenvalue weighted by Gasteiger charge is -2.05. The highest BCUT2D eigenvalue weighted by Crippen LogP contribution is 2.29. The third kappa shape index (κ3) is 4.15. The predicted octanol–water partition coefficient (Wildman–Crippen LogP) is 3.05. The van der Waals surface area contributed by atoms with Gasteiger partial charge in [0.2, 0.25) is 4.96 Å². The predicted molar refractivity (Wildman–Crippen MR) is 99.4 cm³/mol. The van der Waals surface area contributed by atoms with E-state index in [1.807, 2.05) is 4.52 Å². The summed E-state index contributed by atoms with van der Waals surface area (Å²) in [5.74, 6) is 1.92. The number of thioether (sulfide) groups is 1. The summed E-state index contributed by atoms with van der Waals surface area (Å²) in [6, 6.07) is 6.61. The van der Waals surface area contributed by atoms with Crippen molar-refractivity contribution >= 4 is 28.1 Å². The first-order valence-corrected chi connectivity index (χ1v) is 10.2. The maximum Gasteiger partial charge on any atom is 0.235 e. The molecule has 0 aliphatic rings. The zero-order valence-corrected chi connectivity index (χ0v) is 15.9. The first-order valence-electron chi connectivity index (χ1n) is 8.36. The first kappa shape index (κ1) is 17.4. The lowest BCUT2D eigenvalue weighted by molar-refractivity contribution is -0.368. The SMILES string of the molecule is Cc1ccc(C)c(CSc2nn3c(CCCCC[NH3+])nnc3s2)c1. The summed E-state index contributed by atoms with van der Waals surface area (Å²) >= 11 is 3.40. The molecule has 2 heterocycles. The van der Waals surface area contributed by atoms with Crippen molar-refractivity contribution in [2.75, 3.05) is 6.54 Å². The molecule has 0 saturated carbocycles. The van der Waals surface area contributed by atoms with Crippen LogP contribution in [0.3, 0.4) is 0 Å². The van der Waals surface area contributed by atoms with Crippen molar-refractivity contribution in [1.82, 2.24) is 19.8 Å². The van der Waals surface area contributed by atoms with Crippen LogP contribution in [0.1, 0.15) is 41.8 Å². The van der Waals surface area contributed by atoms with Crippen molar-refractivity contribution in [3.8, 4) is 0 Å². The number of unbranched alkanes of at least 4 members (excludes halogenated alkanes) is 2. The van der Waals surface area contributed by atoms with Crippen LogP contribution in [0.5, 0.6) is 0 Å². The van der Waals surface area contributed by atoms with Crippen LogP contribution >= 0.6 is 23.1 Å². The molecule has 3 N–H and O–H groups in total. The van der Waals surface area contributed by atoms with Crippen LogP contribution in [0, 0.1) is 13.8 Å². The molecule has 0 fully saturated rings. The number of aryl methyl sites for hydroxylation is 3. The molecular weight excluding hydrogens is 338 g/mol. The summed E-state index contributed by atoms with van der Waals surface area (Å²) in [6.07, 6.45) is 4.43. The molecule has 1 aromatic carbocycles. The van der Waals surface area contributed by atoms with Gasteiger partial charge in [0.25, 0.3) is 0 Å². The molecule has 24 heavy (non-hydrogen) atoms. The fourth-order valence-corrected chi connectivity index (χ4v) is 4.54. The summed E-state index contributed by atoms with van der Waals surface area (Å²) in [7, 11) is 0. The van der Waals surface area contributed by atoms with Crippen LogP contribution in [-0.4, -0.2) is 26.4 Å². The molecule has 0 unspecified atom stereocenters. The van der Waals surface area contributed by atoms with Gasteiger partial charge >= 0.3 is 0 Å². The highest BCUT2D eigenvalue weighted by Gasteiger charge is 2.12. The topological polar surface area (TPSA) is 70.7 Å². The van der Waals surface area contributed by atoms with E-state index in [4.69, 9.17) is 5.10 Å². The Kier molecular flexibility index (Phi) is 5.86. The van der Waals surface area contributed by atoms with Crippen molar-refractivity contribution in [1.29, 1.82) is 0 Å². The van der Waals surface area contributed by atoms with Crippen LogP contribution in [0.4, 0.5) is 0 Å². The quantitative estimate of drug-likeness (QED) is 0.494. The number of benzene rings is 1. The highest BCUT2D eigenvalue weighted by molar-refractivity contribution is 8.00. The third-order valence-electron chi connectivity index (χ3n) is 4.04.